The summed E-state index contributed by atoms with van der Waals surface area (Å²) in [6, 6.07) is 9.73. The van der Waals surface area contributed by atoms with Crippen molar-refractivity contribution in [2.75, 3.05) is 13.1 Å². The summed E-state index contributed by atoms with van der Waals surface area (Å²) in [5, 5.41) is 2.90. The lowest BCUT2D eigenvalue weighted by molar-refractivity contribution is -0.119. The van der Waals surface area contributed by atoms with Crippen LogP contribution in [-0.4, -0.2) is 29.9 Å². The highest BCUT2D eigenvalue weighted by Gasteiger charge is 2.29. The van der Waals surface area contributed by atoms with Crippen molar-refractivity contribution in [1.29, 1.82) is 0 Å². The van der Waals surface area contributed by atoms with Gasteiger partial charge in [-0.15, -0.1) is 0 Å². The molecule has 1 unspecified atom stereocenters. The van der Waals surface area contributed by atoms with Gasteiger partial charge < -0.3 is 5.32 Å². The fourth-order valence-corrected chi connectivity index (χ4v) is 2.61. The van der Waals surface area contributed by atoms with Crippen LogP contribution in [0.2, 0.25) is 0 Å². The molecule has 2 aliphatic rings. The SMILES string of the molecule is O=C1CC(N2CCc3cc[c]cc3C2)CN1. The maximum atomic E-state index is 11.2. The third kappa shape index (κ3) is 1.71. The van der Waals surface area contributed by atoms with E-state index in [4.69, 9.17) is 0 Å². The first kappa shape index (κ1) is 9.85. The molecule has 1 aromatic rings. The van der Waals surface area contributed by atoms with Crippen molar-refractivity contribution < 1.29 is 4.79 Å². The zero-order valence-corrected chi connectivity index (χ0v) is 9.20. The maximum Gasteiger partial charge on any atom is 0.221 e. The van der Waals surface area contributed by atoms with Crippen LogP contribution in [0.1, 0.15) is 17.5 Å². The van der Waals surface area contributed by atoms with Crippen molar-refractivity contribution in [3.8, 4) is 0 Å². The van der Waals surface area contributed by atoms with Crippen LogP contribution in [0, 0.1) is 6.07 Å². The molecule has 0 aliphatic carbocycles. The molecule has 1 aromatic carbocycles. The Morgan fingerprint density at radius 2 is 2.38 bits per heavy atom. The molecular formula is C13H15N2O. The lowest BCUT2D eigenvalue weighted by Crippen LogP contribution is -2.40. The standard InChI is InChI=1S/C13H15N2O/c16-13-7-12(8-14-13)15-6-5-10-3-1-2-4-11(10)9-15/h1,3-4,12H,5-9H2,(H,14,16). The average Bonchev–Trinajstić information content (AvgIpc) is 2.75. The lowest BCUT2D eigenvalue weighted by Gasteiger charge is -2.32. The first-order chi connectivity index (χ1) is 7.83. The van der Waals surface area contributed by atoms with E-state index in [-0.39, 0.29) is 5.91 Å². The molecule has 3 heteroatoms. The number of hydrogen-bond acceptors (Lipinski definition) is 2. The average molecular weight is 215 g/mol. The predicted octanol–water partition coefficient (Wildman–Crippen LogP) is 0.733. The number of nitrogens with one attached hydrogen (secondary N) is 1. The van der Waals surface area contributed by atoms with E-state index in [9.17, 15) is 4.79 Å². The van der Waals surface area contributed by atoms with E-state index >= 15 is 0 Å². The number of fused-ring (bicyclic) bond motifs is 1. The van der Waals surface area contributed by atoms with Crippen LogP contribution in [-0.2, 0) is 17.8 Å². The Hall–Kier alpha value is -1.35. The monoisotopic (exact) mass is 215 g/mol. The molecule has 1 fully saturated rings. The highest BCUT2D eigenvalue weighted by Crippen LogP contribution is 2.22. The molecule has 3 nitrogen and oxygen atoms in total. The van der Waals surface area contributed by atoms with Crippen LogP contribution in [0.15, 0.2) is 18.2 Å². The fourth-order valence-electron chi connectivity index (χ4n) is 2.61. The van der Waals surface area contributed by atoms with Crippen molar-refractivity contribution in [3.63, 3.8) is 0 Å². The minimum Gasteiger partial charge on any atom is -0.354 e. The second kappa shape index (κ2) is 3.91. The third-order valence-electron chi connectivity index (χ3n) is 3.56. The Bertz CT molecular complexity index is 416. The minimum absolute atomic E-state index is 0.190. The van der Waals surface area contributed by atoms with Crippen molar-refractivity contribution in [2.24, 2.45) is 0 Å². The second-order valence-corrected chi connectivity index (χ2v) is 4.58. The third-order valence-corrected chi connectivity index (χ3v) is 3.56. The summed E-state index contributed by atoms with van der Waals surface area (Å²) >= 11 is 0. The van der Waals surface area contributed by atoms with Crippen molar-refractivity contribution in [2.45, 2.75) is 25.4 Å². The van der Waals surface area contributed by atoms with E-state index in [1.807, 2.05) is 6.07 Å². The summed E-state index contributed by atoms with van der Waals surface area (Å²) in [6.45, 7) is 2.84. The van der Waals surface area contributed by atoms with Gasteiger partial charge in [-0.05, 0) is 29.7 Å². The van der Waals surface area contributed by atoms with Gasteiger partial charge in [0.2, 0.25) is 5.91 Å². The van der Waals surface area contributed by atoms with Gasteiger partial charge in [-0.3, -0.25) is 9.69 Å². The van der Waals surface area contributed by atoms with E-state index in [0.29, 0.717) is 12.5 Å². The molecule has 1 N–H and O–H groups in total. The Morgan fingerprint density at radius 1 is 1.44 bits per heavy atom. The number of hydrogen-bond donors (Lipinski definition) is 1. The molecule has 16 heavy (non-hydrogen) atoms. The van der Waals surface area contributed by atoms with Crippen molar-refractivity contribution in [3.05, 3.63) is 35.4 Å². The van der Waals surface area contributed by atoms with E-state index in [2.05, 4.69) is 28.4 Å². The normalized spacial score (nSPS) is 25.2. The molecule has 0 aromatic heterocycles. The molecule has 1 saturated heterocycles. The Morgan fingerprint density at radius 3 is 3.19 bits per heavy atom. The fraction of sp³-hybridized carbons (Fsp3) is 0.462. The number of nitrogens with zero attached hydrogens (tertiary/aromatic N) is 1. The quantitative estimate of drug-likeness (QED) is 0.749. The molecular weight excluding hydrogens is 200 g/mol. The molecule has 3 rings (SSSR count). The number of rotatable bonds is 1. The van der Waals surface area contributed by atoms with Crippen LogP contribution >= 0.6 is 0 Å². The van der Waals surface area contributed by atoms with Crippen molar-refractivity contribution in [1.82, 2.24) is 10.2 Å². The Labute approximate surface area is 95.4 Å². The van der Waals surface area contributed by atoms with E-state index in [1.54, 1.807) is 0 Å². The molecule has 1 radical (unpaired) electrons. The lowest BCUT2D eigenvalue weighted by atomic mass is 9.98. The molecule has 1 amide bonds. The topological polar surface area (TPSA) is 32.3 Å². The molecule has 0 bridgehead atoms. The van der Waals surface area contributed by atoms with Gasteiger partial charge in [0.05, 0.1) is 0 Å². The number of carbonyl (C=O) groups is 1. The molecule has 1 atom stereocenters. The van der Waals surface area contributed by atoms with E-state index in [0.717, 1.165) is 26.1 Å². The summed E-state index contributed by atoms with van der Waals surface area (Å²) < 4.78 is 0. The zero-order valence-electron chi connectivity index (χ0n) is 9.20. The number of carbonyl (C=O) groups excluding carboxylic acids is 1. The van der Waals surface area contributed by atoms with Crippen LogP contribution in [0.5, 0.6) is 0 Å². The van der Waals surface area contributed by atoms with Gasteiger partial charge in [-0.25, -0.2) is 0 Å². The maximum absolute atomic E-state index is 11.2. The minimum atomic E-state index is 0.190. The predicted molar refractivity (Wildman–Crippen MR) is 60.8 cm³/mol. The van der Waals surface area contributed by atoms with Gasteiger partial charge in [0.15, 0.2) is 0 Å². The van der Waals surface area contributed by atoms with Gasteiger partial charge in [0, 0.05) is 32.1 Å². The van der Waals surface area contributed by atoms with Gasteiger partial charge >= 0.3 is 0 Å². The molecule has 0 spiro atoms. The van der Waals surface area contributed by atoms with Crippen molar-refractivity contribution >= 4 is 5.91 Å². The smallest absolute Gasteiger partial charge is 0.221 e. The highest BCUT2D eigenvalue weighted by molar-refractivity contribution is 5.78. The molecule has 2 heterocycles. The molecule has 2 aliphatic heterocycles. The first-order valence-corrected chi connectivity index (χ1v) is 5.81. The van der Waals surface area contributed by atoms with Crippen LogP contribution in [0.3, 0.4) is 0 Å². The largest absolute Gasteiger partial charge is 0.354 e. The summed E-state index contributed by atoms with van der Waals surface area (Å²) in [7, 11) is 0. The summed E-state index contributed by atoms with van der Waals surface area (Å²) in [5.74, 6) is 0.190. The Kier molecular flexibility index (Phi) is 2.40. The second-order valence-electron chi connectivity index (χ2n) is 4.58. The summed E-state index contributed by atoms with van der Waals surface area (Å²) in [4.78, 5) is 13.6. The van der Waals surface area contributed by atoms with Gasteiger partial charge in [0.1, 0.15) is 0 Å². The molecule has 0 saturated carbocycles. The van der Waals surface area contributed by atoms with E-state index in [1.165, 1.54) is 11.1 Å². The summed E-state index contributed by atoms with van der Waals surface area (Å²) in [6.07, 6.45) is 1.75. The van der Waals surface area contributed by atoms with Crippen LogP contribution in [0.4, 0.5) is 0 Å². The highest BCUT2D eigenvalue weighted by atomic mass is 16.1. The van der Waals surface area contributed by atoms with Gasteiger partial charge in [-0.2, -0.15) is 0 Å². The Balaban J connectivity index is 1.75. The van der Waals surface area contributed by atoms with Crippen LogP contribution < -0.4 is 5.32 Å². The van der Waals surface area contributed by atoms with Gasteiger partial charge in [-0.1, -0.05) is 12.1 Å². The molecule has 83 valence electrons. The number of benzene rings is 1. The first-order valence-electron chi connectivity index (χ1n) is 5.81. The zero-order chi connectivity index (χ0) is 11.0. The van der Waals surface area contributed by atoms with Gasteiger partial charge in [0.25, 0.3) is 0 Å². The summed E-state index contributed by atoms with van der Waals surface area (Å²) in [5.41, 5.74) is 2.81. The number of amides is 1. The van der Waals surface area contributed by atoms with E-state index < -0.39 is 0 Å². The van der Waals surface area contributed by atoms with Crippen LogP contribution in [0.25, 0.3) is 0 Å².